The Morgan fingerprint density at radius 1 is 1.23 bits per heavy atom. The Labute approximate surface area is 135 Å². The standard InChI is InChI=1S/C16H32N2O3S/c1-3-4-5-6-10-17-16(19)15-9-7-11-18(14-15)12-8-13-22(2,20)21/h15H,3-14H2,1-2H3,(H,17,19). The molecule has 0 aliphatic carbocycles. The molecule has 0 spiro atoms. The Balaban J connectivity index is 2.22. The molecule has 1 atom stereocenters. The molecule has 1 N–H and O–H groups in total. The minimum absolute atomic E-state index is 0.0677. The molecule has 1 rings (SSSR count). The van der Waals surface area contributed by atoms with Crippen molar-refractivity contribution in [3.63, 3.8) is 0 Å². The van der Waals surface area contributed by atoms with Crippen LogP contribution in [0.15, 0.2) is 0 Å². The van der Waals surface area contributed by atoms with Crippen LogP contribution < -0.4 is 5.32 Å². The van der Waals surface area contributed by atoms with Crippen molar-refractivity contribution in [3.8, 4) is 0 Å². The van der Waals surface area contributed by atoms with E-state index in [4.69, 9.17) is 0 Å². The molecule has 1 unspecified atom stereocenters. The molecule has 1 saturated heterocycles. The van der Waals surface area contributed by atoms with Crippen LogP contribution in [0, 0.1) is 5.92 Å². The Morgan fingerprint density at radius 2 is 2.00 bits per heavy atom. The number of unbranched alkanes of at least 4 members (excludes halogenated alkanes) is 3. The van der Waals surface area contributed by atoms with Crippen LogP contribution in [0.2, 0.25) is 0 Å². The van der Waals surface area contributed by atoms with E-state index in [2.05, 4.69) is 17.1 Å². The second kappa shape index (κ2) is 10.2. The second-order valence-electron chi connectivity index (χ2n) is 6.47. The molecule has 5 nitrogen and oxygen atoms in total. The zero-order valence-corrected chi connectivity index (χ0v) is 15.0. The van der Waals surface area contributed by atoms with Gasteiger partial charge in [-0.3, -0.25) is 4.79 Å². The van der Waals surface area contributed by atoms with E-state index in [9.17, 15) is 13.2 Å². The molecule has 6 heteroatoms. The number of hydrogen-bond acceptors (Lipinski definition) is 4. The van der Waals surface area contributed by atoms with Crippen LogP contribution in [-0.2, 0) is 14.6 Å². The van der Waals surface area contributed by atoms with Crippen LogP contribution in [0.25, 0.3) is 0 Å². The molecule has 0 radical (unpaired) electrons. The summed E-state index contributed by atoms with van der Waals surface area (Å²) in [5.41, 5.74) is 0. The minimum Gasteiger partial charge on any atom is -0.356 e. The third kappa shape index (κ3) is 8.73. The quantitative estimate of drug-likeness (QED) is 0.620. The van der Waals surface area contributed by atoms with Crippen molar-refractivity contribution in [3.05, 3.63) is 0 Å². The van der Waals surface area contributed by atoms with Gasteiger partial charge in [-0.05, 0) is 38.8 Å². The van der Waals surface area contributed by atoms with Gasteiger partial charge in [-0.25, -0.2) is 8.42 Å². The van der Waals surface area contributed by atoms with Gasteiger partial charge in [0.25, 0.3) is 0 Å². The normalized spacial score (nSPS) is 20.0. The van der Waals surface area contributed by atoms with E-state index < -0.39 is 9.84 Å². The predicted molar refractivity (Wildman–Crippen MR) is 90.6 cm³/mol. The topological polar surface area (TPSA) is 66.5 Å². The van der Waals surface area contributed by atoms with Crippen LogP contribution in [0.3, 0.4) is 0 Å². The molecule has 1 amide bonds. The van der Waals surface area contributed by atoms with E-state index in [1.165, 1.54) is 25.5 Å². The summed E-state index contributed by atoms with van der Waals surface area (Å²) >= 11 is 0. The number of carbonyl (C=O) groups excluding carboxylic acids is 1. The lowest BCUT2D eigenvalue weighted by molar-refractivity contribution is -0.126. The Morgan fingerprint density at radius 3 is 2.68 bits per heavy atom. The van der Waals surface area contributed by atoms with Gasteiger partial charge in [-0.2, -0.15) is 0 Å². The lowest BCUT2D eigenvalue weighted by Gasteiger charge is -2.31. The number of hydrogen-bond donors (Lipinski definition) is 1. The fraction of sp³-hybridized carbons (Fsp3) is 0.938. The van der Waals surface area contributed by atoms with Crippen molar-refractivity contribution in [1.29, 1.82) is 0 Å². The summed E-state index contributed by atoms with van der Waals surface area (Å²) in [6.45, 7) is 5.48. The van der Waals surface area contributed by atoms with Crippen LogP contribution in [0.5, 0.6) is 0 Å². The van der Waals surface area contributed by atoms with Crippen LogP contribution in [0.4, 0.5) is 0 Å². The summed E-state index contributed by atoms with van der Waals surface area (Å²) < 4.78 is 22.3. The number of amides is 1. The Kier molecular flexibility index (Phi) is 9.02. The first-order valence-electron chi connectivity index (χ1n) is 8.60. The molecule has 1 aliphatic heterocycles. The molecule has 1 aliphatic rings. The van der Waals surface area contributed by atoms with Crippen LogP contribution in [0.1, 0.15) is 51.9 Å². The number of carbonyl (C=O) groups is 1. The highest BCUT2D eigenvalue weighted by Gasteiger charge is 2.25. The first-order valence-corrected chi connectivity index (χ1v) is 10.7. The van der Waals surface area contributed by atoms with Gasteiger partial charge >= 0.3 is 0 Å². The zero-order valence-electron chi connectivity index (χ0n) is 14.1. The fourth-order valence-electron chi connectivity index (χ4n) is 2.93. The van der Waals surface area contributed by atoms with Gasteiger partial charge in [0.05, 0.1) is 11.7 Å². The molecule has 22 heavy (non-hydrogen) atoms. The van der Waals surface area contributed by atoms with E-state index in [0.29, 0.717) is 6.42 Å². The predicted octanol–water partition coefficient (Wildman–Crippen LogP) is 1.83. The van der Waals surface area contributed by atoms with Crippen molar-refractivity contribution in [2.45, 2.75) is 51.9 Å². The molecular formula is C16H32N2O3S. The number of piperidine rings is 1. The number of nitrogens with one attached hydrogen (secondary N) is 1. The average molecular weight is 333 g/mol. The van der Waals surface area contributed by atoms with Gasteiger partial charge in [-0.15, -0.1) is 0 Å². The number of nitrogens with zero attached hydrogens (tertiary/aromatic N) is 1. The smallest absolute Gasteiger partial charge is 0.224 e. The second-order valence-corrected chi connectivity index (χ2v) is 8.73. The first kappa shape index (κ1) is 19.4. The lowest BCUT2D eigenvalue weighted by Crippen LogP contribution is -2.43. The molecule has 1 heterocycles. The Bertz CT molecular complexity index is 423. The molecule has 1 fully saturated rings. The number of likely N-dealkylation sites (tertiary alicyclic amines) is 1. The summed E-state index contributed by atoms with van der Waals surface area (Å²) in [7, 11) is -2.88. The highest BCUT2D eigenvalue weighted by atomic mass is 32.2. The van der Waals surface area contributed by atoms with Gasteiger partial charge in [0, 0.05) is 19.3 Å². The van der Waals surface area contributed by atoms with Gasteiger partial charge in [0.15, 0.2) is 0 Å². The van der Waals surface area contributed by atoms with E-state index >= 15 is 0 Å². The van der Waals surface area contributed by atoms with Crippen molar-refractivity contribution < 1.29 is 13.2 Å². The summed E-state index contributed by atoms with van der Waals surface area (Å²) in [4.78, 5) is 14.4. The molecule has 0 saturated carbocycles. The van der Waals surface area contributed by atoms with Crippen molar-refractivity contribution >= 4 is 15.7 Å². The molecule has 130 valence electrons. The van der Waals surface area contributed by atoms with Crippen molar-refractivity contribution in [2.75, 3.05) is 38.2 Å². The van der Waals surface area contributed by atoms with Gasteiger partial charge in [-0.1, -0.05) is 26.2 Å². The highest BCUT2D eigenvalue weighted by molar-refractivity contribution is 7.90. The summed E-state index contributed by atoms with van der Waals surface area (Å²) in [6.07, 6.45) is 8.58. The molecule has 0 aromatic carbocycles. The van der Waals surface area contributed by atoms with Crippen molar-refractivity contribution in [2.24, 2.45) is 5.92 Å². The number of rotatable bonds is 10. The average Bonchev–Trinajstić information content (AvgIpc) is 2.46. The SMILES string of the molecule is CCCCCCNC(=O)C1CCCN(CCCS(C)(=O)=O)C1. The third-order valence-corrected chi connectivity index (χ3v) is 5.23. The Hall–Kier alpha value is -0.620. The third-order valence-electron chi connectivity index (χ3n) is 4.20. The monoisotopic (exact) mass is 332 g/mol. The van der Waals surface area contributed by atoms with Gasteiger partial charge < -0.3 is 10.2 Å². The van der Waals surface area contributed by atoms with Crippen LogP contribution >= 0.6 is 0 Å². The molecule has 0 aromatic rings. The molecule has 0 aromatic heterocycles. The van der Waals surface area contributed by atoms with Crippen LogP contribution in [-0.4, -0.2) is 57.4 Å². The van der Waals surface area contributed by atoms with E-state index in [0.717, 1.165) is 45.4 Å². The minimum atomic E-state index is -2.88. The van der Waals surface area contributed by atoms with E-state index in [1.54, 1.807) is 0 Å². The van der Waals surface area contributed by atoms with Gasteiger partial charge in [0.2, 0.25) is 5.91 Å². The maximum absolute atomic E-state index is 12.2. The lowest BCUT2D eigenvalue weighted by atomic mass is 9.97. The van der Waals surface area contributed by atoms with E-state index in [-0.39, 0.29) is 17.6 Å². The molecular weight excluding hydrogens is 300 g/mol. The number of sulfone groups is 1. The maximum atomic E-state index is 12.2. The van der Waals surface area contributed by atoms with Gasteiger partial charge in [0.1, 0.15) is 9.84 Å². The summed E-state index contributed by atoms with van der Waals surface area (Å²) in [6, 6.07) is 0. The van der Waals surface area contributed by atoms with Crippen molar-refractivity contribution in [1.82, 2.24) is 10.2 Å². The largest absolute Gasteiger partial charge is 0.356 e. The summed E-state index contributed by atoms with van der Waals surface area (Å²) in [5.74, 6) is 0.472. The highest BCUT2D eigenvalue weighted by Crippen LogP contribution is 2.17. The van der Waals surface area contributed by atoms with E-state index in [1.807, 2.05) is 0 Å². The molecule has 0 bridgehead atoms. The fourth-order valence-corrected chi connectivity index (χ4v) is 3.58. The zero-order chi connectivity index (χ0) is 16.4. The maximum Gasteiger partial charge on any atom is 0.224 e. The summed E-state index contributed by atoms with van der Waals surface area (Å²) in [5, 5.41) is 3.05. The first-order chi connectivity index (χ1) is 10.4.